The highest BCUT2D eigenvalue weighted by molar-refractivity contribution is 6.31. The molecule has 132 valence electrons. The van der Waals surface area contributed by atoms with E-state index in [1.807, 2.05) is 0 Å². The Morgan fingerprint density at radius 3 is 2.58 bits per heavy atom. The van der Waals surface area contributed by atoms with E-state index in [2.05, 4.69) is 22.5 Å². The molecule has 7 nitrogen and oxygen atoms in total. The normalized spacial score (nSPS) is 9.62. The number of nitro benzene ring substituents is 1. The van der Waals surface area contributed by atoms with Crippen LogP contribution in [0, 0.1) is 22.0 Å². The minimum Gasteiger partial charge on any atom is -0.355 e. The number of carbonyl (C=O) groups excluding carboxylic acids is 2. The molecule has 26 heavy (non-hydrogen) atoms. The van der Waals surface area contributed by atoms with Crippen molar-refractivity contribution in [3.05, 3.63) is 74.3 Å². The second-order valence-electron chi connectivity index (χ2n) is 5.03. The van der Waals surface area contributed by atoms with Gasteiger partial charge >= 0.3 is 0 Å². The largest absolute Gasteiger partial charge is 0.355 e. The fourth-order valence-electron chi connectivity index (χ4n) is 2.13. The van der Waals surface area contributed by atoms with Crippen molar-refractivity contribution in [2.24, 2.45) is 0 Å². The molecule has 2 rings (SSSR count). The van der Waals surface area contributed by atoms with Crippen molar-refractivity contribution in [3.63, 3.8) is 0 Å². The molecule has 0 atom stereocenters. The first kappa shape index (κ1) is 19.0. The van der Waals surface area contributed by atoms with Gasteiger partial charge in [0.15, 0.2) is 0 Å². The standard InChI is InChI=1S/C18H14ClN3O4/c1-20-17(23)14-7-3-2-5-12(14)6-4-10-21-18(24)15-11-13(19)8-9-16(15)22(25)26/h2-3,5,7-9,11H,10H2,1H3,(H,20,23)(H,21,24). The minimum absolute atomic E-state index is 0.0510. The molecule has 0 fully saturated rings. The first-order valence-corrected chi connectivity index (χ1v) is 7.84. The number of halogens is 1. The summed E-state index contributed by atoms with van der Waals surface area (Å²) in [5.41, 5.74) is 0.439. The quantitative estimate of drug-likeness (QED) is 0.489. The molecule has 2 N–H and O–H groups in total. The van der Waals surface area contributed by atoms with E-state index in [1.165, 1.54) is 25.2 Å². The lowest BCUT2D eigenvalue weighted by Gasteiger charge is -2.04. The Balaban J connectivity index is 2.12. The molecule has 0 saturated carbocycles. The highest BCUT2D eigenvalue weighted by Gasteiger charge is 2.19. The second-order valence-corrected chi connectivity index (χ2v) is 5.46. The van der Waals surface area contributed by atoms with Crippen LogP contribution < -0.4 is 10.6 Å². The summed E-state index contributed by atoms with van der Waals surface area (Å²) in [5.74, 6) is 4.59. The zero-order valence-corrected chi connectivity index (χ0v) is 14.5. The number of carbonyl (C=O) groups is 2. The Kier molecular flexibility index (Phi) is 6.31. The van der Waals surface area contributed by atoms with E-state index in [0.717, 1.165) is 0 Å². The predicted molar refractivity (Wildman–Crippen MR) is 97.1 cm³/mol. The Morgan fingerprint density at radius 1 is 1.15 bits per heavy atom. The van der Waals surface area contributed by atoms with Gasteiger partial charge in [-0.05, 0) is 24.3 Å². The lowest BCUT2D eigenvalue weighted by Crippen LogP contribution is -2.24. The second kappa shape index (κ2) is 8.65. The number of hydrogen-bond donors (Lipinski definition) is 2. The van der Waals surface area contributed by atoms with Gasteiger partial charge in [0.05, 0.1) is 17.0 Å². The maximum atomic E-state index is 12.1. The van der Waals surface area contributed by atoms with Gasteiger partial charge in [0, 0.05) is 23.7 Å². The lowest BCUT2D eigenvalue weighted by atomic mass is 10.1. The third-order valence-electron chi connectivity index (χ3n) is 3.36. The van der Waals surface area contributed by atoms with Crippen LogP contribution in [0.3, 0.4) is 0 Å². The average molecular weight is 372 g/mol. The Morgan fingerprint density at radius 2 is 1.88 bits per heavy atom. The summed E-state index contributed by atoms with van der Waals surface area (Å²) in [4.78, 5) is 34.3. The van der Waals surface area contributed by atoms with Gasteiger partial charge in [0.2, 0.25) is 0 Å². The number of hydrogen-bond acceptors (Lipinski definition) is 4. The van der Waals surface area contributed by atoms with E-state index in [1.54, 1.807) is 24.3 Å². The summed E-state index contributed by atoms with van der Waals surface area (Å²) in [6, 6.07) is 10.5. The van der Waals surface area contributed by atoms with Gasteiger partial charge in [-0.2, -0.15) is 0 Å². The van der Waals surface area contributed by atoms with Gasteiger partial charge in [0.25, 0.3) is 17.5 Å². The molecule has 0 spiro atoms. The van der Waals surface area contributed by atoms with Gasteiger partial charge in [-0.15, -0.1) is 0 Å². The number of amides is 2. The summed E-state index contributed by atoms with van der Waals surface area (Å²) < 4.78 is 0. The Labute approximate surface area is 154 Å². The van der Waals surface area contributed by atoms with Crippen molar-refractivity contribution in [1.82, 2.24) is 10.6 Å². The summed E-state index contributed by atoms with van der Waals surface area (Å²) in [7, 11) is 1.52. The molecule has 0 heterocycles. The molecule has 2 aromatic rings. The molecular weight excluding hydrogens is 358 g/mol. The Bertz CT molecular complexity index is 932. The smallest absolute Gasteiger partial charge is 0.282 e. The number of rotatable bonds is 4. The SMILES string of the molecule is CNC(=O)c1ccccc1C#CCNC(=O)c1cc(Cl)ccc1[N+](=O)[O-]. The van der Waals surface area contributed by atoms with E-state index >= 15 is 0 Å². The average Bonchev–Trinajstić information content (AvgIpc) is 2.64. The molecule has 0 aliphatic heterocycles. The number of nitrogens with one attached hydrogen (secondary N) is 2. The molecule has 0 aliphatic carbocycles. The zero-order chi connectivity index (χ0) is 19.1. The molecule has 0 unspecified atom stereocenters. The molecule has 0 bridgehead atoms. The van der Waals surface area contributed by atoms with Gasteiger partial charge in [0.1, 0.15) is 5.56 Å². The molecule has 2 aromatic carbocycles. The highest BCUT2D eigenvalue weighted by Crippen LogP contribution is 2.22. The molecule has 0 aromatic heterocycles. The van der Waals surface area contributed by atoms with Gasteiger partial charge < -0.3 is 10.6 Å². The lowest BCUT2D eigenvalue weighted by molar-refractivity contribution is -0.385. The summed E-state index contributed by atoms with van der Waals surface area (Å²) in [6.07, 6.45) is 0. The highest BCUT2D eigenvalue weighted by atomic mass is 35.5. The summed E-state index contributed by atoms with van der Waals surface area (Å²) in [6.45, 7) is -0.0510. The number of nitro groups is 1. The molecule has 8 heteroatoms. The van der Waals surface area contributed by atoms with Crippen molar-refractivity contribution in [3.8, 4) is 11.8 Å². The van der Waals surface area contributed by atoms with Gasteiger partial charge in [-0.3, -0.25) is 19.7 Å². The summed E-state index contributed by atoms with van der Waals surface area (Å²) in [5, 5.41) is 16.2. The van der Waals surface area contributed by atoms with Crippen LogP contribution in [-0.4, -0.2) is 30.3 Å². The monoisotopic (exact) mass is 371 g/mol. The fraction of sp³-hybridized carbons (Fsp3) is 0.111. The van der Waals surface area contributed by atoms with E-state index in [4.69, 9.17) is 11.6 Å². The van der Waals surface area contributed by atoms with Crippen LogP contribution in [0.1, 0.15) is 26.3 Å². The maximum Gasteiger partial charge on any atom is 0.282 e. The van der Waals surface area contributed by atoms with Crippen molar-refractivity contribution in [2.75, 3.05) is 13.6 Å². The van der Waals surface area contributed by atoms with E-state index in [-0.39, 0.29) is 28.7 Å². The fourth-order valence-corrected chi connectivity index (χ4v) is 2.31. The molecular formula is C18H14ClN3O4. The third-order valence-corrected chi connectivity index (χ3v) is 3.59. The number of nitrogens with zero attached hydrogens (tertiary/aromatic N) is 1. The third kappa shape index (κ3) is 4.59. The van der Waals surface area contributed by atoms with Crippen molar-refractivity contribution in [1.29, 1.82) is 0 Å². The molecule has 0 saturated heterocycles. The van der Waals surface area contributed by atoms with Crippen LogP contribution in [0.2, 0.25) is 5.02 Å². The van der Waals surface area contributed by atoms with Gasteiger partial charge in [-0.25, -0.2) is 0 Å². The Hall–Kier alpha value is -3.37. The van der Waals surface area contributed by atoms with Crippen LogP contribution in [0.25, 0.3) is 0 Å². The van der Waals surface area contributed by atoms with Crippen molar-refractivity contribution in [2.45, 2.75) is 0 Å². The van der Waals surface area contributed by atoms with Crippen LogP contribution in [0.15, 0.2) is 42.5 Å². The minimum atomic E-state index is -0.659. The first-order valence-electron chi connectivity index (χ1n) is 7.46. The molecule has 0 aliphatic rings. The van der Waals surface area contributed by atoms with Crippen molar-refractivity contribution >= 4 is 29.1 Å². The van der Waals surface area contributed by atoms with Crippen LogP contribution in [0.5, 0.6) is 0 Å². The first-order chi connectivity index (χ1) is 12.4. The van der Waals surface area contributed by atoms with E-state index in [9.17, 15) is 19.7 Å². The van der Waals surface area contributed by atoms with E-state index < -0.39 is 10.8 Å². The summed E-state index contributed by atoms with van der Waals surface area (Å²) >= 11 is 5.80. The predicted octanol–water partition coefficient (Wildman–Crippen LogP) is 2.39. The topological polar surface area (TPSA) is 101 Å². The van der Waals surface area contributed by atoms with Crippen molar-refractivity contribution < 1.29 is 14.5 Å². The van der Waals surface area contributed by atoms with E-state index in [0.29, 0.717) is 11.1 Å². The maximum absolute atomic E-state index is 12.1. The molecule has 2 amide bonds. The van der Waals surface area contributed by atoms with Crippen LogP contribution >= 0.6 is 11.6 Å². The molecule has 0 radical (unpaired) electrons. The number of benzene rings is 2. The zero-order valence-electron chi connectivity index (χ0n) is 13.7. The van der Waals surface area contributed by atoms with Crippen LogP contribution in [0.4, 0.5) is 5.69 Å². The van der Waals surface area contributed by atoms with Crippen LogP contribution in [-0.2, 0) is 0 Å². The van der Waals surface area contributed by atoms with Gasteiger partial charge in [-0.1, -0.05) is 35.6 Å².